The second-order valence-corrected chi connectivity index (χ2v) is 7.76. The van der Waals surface area contributed by atoms with Gasteiger partial charge in [-0.1, -0.05) is 24.6 Å². The van der Waals surface area contributed by atoms with E-state index in [0.29, 0.717) is 0 Å². The largest absolute Gasteiger partial charge is 0.350 e. The molecule has 2 aliphatic heterocycles. The van der Waals surface area contributed by atoms with E-state index in [1.165, 1.54) is 19.3 Å². The molecule has 0 aliphatic carbocycles. The lowest BCUT2D eigenvalue weighted by molar-refractivity contribution is 0.0729. The van der Waals surface area contributed by atoms with Crippen molar-refractivity contribution in [2.45, 2.75) is 51.1 Å². The summed E-state index contributed by atoms with van der Waals surface area (Å²) >= 11 is 0. The summed E-state index contributed by atoms with van der Waals surface area (Å²) < 4.78 is 4.32. The third-order valence-corrected chi connectivity index (χ3v) is 6.08. The Hall–Kier alpha value is -2.63. The zero-order valence-corrected chi connectivity index (χ0v) is 15.8. The van der Waals surface area contributed by atoms with Crippen LogP contribution in [-0.4, -0.2) is 36.7 Å². The van der Waals surface area contributed by atoms with Crippen LogP contribution in [0.4, 0.5) is 0 Å². The van der Waals surface area contributed by atoms with E-state index < -0.39 is 0 Å². The molecule has 6 heteroatoms. The fourth-order valence-electron chi connectivity index (χ4n) is 4.70. The van der Waals surface area contributed by atoms with Crippen molar-refractivity contribution < 1.29 is 4.79 Å². The van der Waals surface area contributed by atoms with Gasteiger partial charge in [0.05, 0.1) is 11.6 Å². The molecule has 3 aromatic rings. The van der Waals surface area contributed by atoms with Gasteiger partial charge < -0.3 is 14.0 Å². The third-order valence-electron chi connectivity index (χ3n) is 6.08. The fraction of sp³-hybridized carbons (Fsp3) is 0.476. The summed E-state index contributed by atoms with van der Waals surface area (Å²) in [6.07, 6.45) is 8.54. The molecule has 0 spiro atoms. The number of fused-ring (bicyclic) bond motifs is 2. The van der Waals surface area contributed by atoms with Gasteiger partial charge in [-0.25, -0.2) is 0 Å². The molecule has 2 aliphatic rings. The topological polar surface area (TPSA) is 56.0 Å². The summed E-state index contributed by atoms with van der Waals surface area (Å²) in [6.45, 7) is 1.76. The molecule has 0 radical (unpaired) electrons. The van der Waals surface area contributed by atoms with Gasteiger partial charge in [0, 0.05) is 43.7 Å². The maximum absolute atomic E-state index is 13.5. The van der Waals surface area contributed by atoms with Crippen LogP contribution < -0.4 is 0 Å². The molecule has 4 heterocycles. The van der Waals surface area contributed by atoms with Crippen LogP contribution in [-0.2, 0) is 20.0 Å². The molecule has 0 N–H and O–H groups in total. The highest BCUT2D eigenvalue weighted by Gasteiger charge is 2.35. The predicted molar refractivity (Wildman–Crippen MR) is 104 cm³/mol. The predicted octanol–water partition coefficient (Wildman–Crippen LogP) is 3.47. The van der Waals surface area contributed by atoms with Gasteiger partial charge in [0.1, 0.15) is 5.82 Å². The lowest BCUT2D eigenvalue weighted by Crippen LogP contribution is -2.32. The Labute approximate surface area is 158 Å². The molecule has 0 bridgehead atoms. The Morgan fingerprint density at radius 2 is 1.96 bits per heavy atom. The molecule has 1 saturated heterocycles. The quantitative estimate of drug-likeness (QED) is 0.700. The number of para-hydroxylation sites is 1. The highest BCUT2D eigenvalue weighted by atomic mass is 16.2. The van der Waals surface area contributed by atoms with Gasteiger partial charge in [-0.2, -0.15) is 0 Å². The SMILES string of the molecule is Cn1cc(C(=O)N2CCCC2c2nnc3n2CCCCC3)c2ccccc21. The minimum absolute atomic E-state index is 0.0378. The van der Waals surface area contributed by atoms with Crippen molar-refractivity contribution in [3.8, 4) is 0 Å². The van der Waals surface area contributed by atoms with Gasteiger partial charge in [0.15, 0.2) is 5.82 Å². The van der Waals surface area contributed by atoms with Crippen molar-refractivity contribution in [3.05, 3.63) is 47.7 Å². The van der Waals surface area contributed by atoms with Crippen LogP contribution in [0, 0.1) is 0 Å². The first kappa shape index (κ1) is 16.5. The van der Waals surface area contributed by atoms with Gasteiger partial charge in [0.2, 0.25) is 0 Å². The highest BCUT2D eigenvalue weighted by molar-refractivity contribution is 6.07. The summed E-state index contributed by atoms with van der Waals surface area (Å²) in [5.74, 6) is 2.19. The maximum Gasteiger partial charge on any atom is 0.256 e. The molecule has 140 valence electrons. The summed E-state index contributed by atoms with van der Waals surface area (Å²) in [4.78, 5) is 15.5. The van der Waals surface area contributed by atoms with Crippen LogP contribution >= 0.6 is 0 Å². The van der Waals surface area contributed by atoms with E-state index in [0.717, 1.165) is 60.5 Å². The van der Waals surface area contributed by atoms with Crippen molar-refractivity contribution in [2.24, 2.45) is 7.05 Å². The Morgan fingerprint density at radius 1 is 1.07 bits per heavy atom. The lowest BCUT2D eigenvalue weighted by atomic mass is 10.1. The number of likely N-dealkylation sites (tertiary alicyclic amines) is 1. The number of aryl methyl sites for hydroxylation is 2. The van der Waals surface area contributed by atoms with Crippen LogP contribution in [0.3, 0.4) is 0 Å². The maximum atomic E-state index is 13.5. The zero-order chi connectivity index (χ0) is 18.4. The van der Waals surface area contributed by atoms with Crippen LogP contribution in [0.15, 0.2) is 30.5 Å². The number of hydrogen-bond donors (Lipinski definition) is 0. The van der Waals surface area contributed by atoms with E-state index in [2.05, 4.69) is 20.8 Å². The molecule has 2 aromatic heterocycles. The first-order chi connectivity index (χ1) is 13.2. The van der Waals surface area contributed by atoms with E-state index >= 15 is 0 Å². The van der Waals surface area contributed by atoms with Crippen LogP contribution in [0.5, 0.6) is 0 Å². The standard InChI is InChI=1S/C21H25N5O/c1-24-14-16(15-8-4-5-9-17(15)24)21(27)25-13-7-10-18(25)20-23-22-19-11-3-2-6-12-26(19)20/h4-5,8-9,14,18H,2-3,6-7,10-13H2,1H3. The Bertz CT molecular complexity index is 1000. The average molecular weight is 363 g/mol. The fourth-order valence-corrected chi connectivity index (χ4v) is 4.70. The van der Waals surface area contributed by atoms with Gasteiger partial charge in [-0.05, 0) is 31.7 Å². The van der Waals surface area contributed by atoms with E-state index in [4.69, 9.17) is 0 Å². The van der Waals surface area contributed by atoms with Gasteiger partial charge >= 0.3 is 0 Å². The van der Waals surface area contributed by atoms with E-state index in [9.17, 15) is 4.79 Å². The number of hydrogen-bond acceptors (Lipinski definition) is 3. The normalized spacial score (nSPS) is 20.0. The third kappa shape index (κ3) is 2.66. The number of amides is 1. The van der Waals surface area contributed by atoms with Crippen LogP contribution in [0.2, 0.25) is 0 Å². The molecule has 27 heavy (non-hydrogen) atoms. The van der Waals surface area contributed by atoms with Crippen LogP contribution in [0.1, 0.15) is 60.2 Å². The van der Waals surface area contributed by atoms with E-state index in [1.807, 2.05) is 40.9 Å². The highest BCUT2D eigenvalue weighted by Crippen LogP contribution is 2.34. The molecule has 1 aromatic carbocycles. The minimum atomic E-state index is 0.0378. The summed E-state index contributed by atoms with van der Waals surface area (Å²) in [5, 5.41) is 10.0. The van der Waals surface area contributed by atoms with Crippen molar-refractivity contribution in [1.82, 2.24) is 24.2 Å². The number of nitrogens with zero attached hydrogens (tertiary/aromatic N) is 5. The average Bonchev–Trinajstić information content (AvgIpc) is 3.35. The van der Waals surface area contributed by atoms with Crippen LogP contribution in [0.25, 0.3) is 10.9 Å². The van der Waals surface area contributed by atoms with Gasteiger partial charge in [-0.15, -0.1) is 10.2 Å². The molecule has 0 saturated carbocycles. The lowest BCUT2D eigenvalue weighted by Gasteiger charge is -2.24. The number of benzene rings is 1. The molecule has 1 fully saturated rings. The molecule has 1 amide bonds. The number of carbonyl (C=O) groups excluding carboxylic acids is 1. The Balaban J connectivity index is 1.51. The first-order valence-corrected chi connectivity index (χ1v) is 10.0. The number of rotatable bonds is 2. The molecular formula is C21H25N5O. The summed E-state index contributed by atoms with van der Waals surface area (Å²) in [7, 11) is 2.00. The van der Waals surface area contributed by atoms with Gasteiger partial charge in [0.25, 0.3) is 5.91 Å². The molecule has 1 atom stereocenters. The van der Waals surface area contributed by atoms with Crippen molar-refractivity contribution >= 4 is 16.8 Å². The zero-order valence-electron chi connectivity index (χ0n) is 15.8. The van der Waals surface area contributed by atoms with E-state index in [1.54, 1.807) is 0 Å². The molecule has 6 nitrogen and oxygen atoms in total. The van der Waals surface area contributed by atoms with E-state index in [-0.39, 0.29) is 11.9 Å². The summed E-state index contributed by atoms with van der Waals surface area (Å²) in [5.41, 5.74) is 1.88. The summed E-state index contributed by atoms with van der Waals surface area (Å²) in [6, 6.07) is 8.15. The number of carbonyl (C=O) groups is 1. The first-order valence-electron chi connectivity index (χ1n) is 10.0. The Morgan fingerprint density at radius 3 is 2.89 bits per heavy atom. The van der Waals surface area contributed by atoms with Crippen molar-refractivity contribution in [3.63, 3.8) is 0 Å². The minimum Gasteiger partial charge on any atom is -0.350 e. The smallest absolute Gasteiger partial charge is 0.256 e. The van der Waals surface area contributed by atoms with Crippen molar-refractivity contribution in [2.75, 3.05) is 6.54 Å². The monoisotopic (exact) mass is 363 g/mol. The second-order valence-electron chi connectivity index (χ2n) is 7.76. The Kier molecular flexibility index (Phi) is 3.99. The molecule has 5 rings (SSSR count). The number of aromatic nitrogens is 4. The molecular weight excluding hydrogens is 338 g/mol. The van der Waals surface area contributed by atoms with Crippen molar-refractivity contribution in [1.29, 1.82) is 0 Å². The van der Waals surface area contributed by atoms with Gasteiger partial charge in [-0.3, -0.25) is 4.79 Å². The second kappa shape index (κ2) is 6.51. The molecule has 1 unspecified atom stereocenters.